The summed E-state index contributed by atoms with van der Waals surface area (Å²) in [4.78, 5) is 4.57. The maximum atomic E-state index is 5.35. The standard InChI is InChI=1S/C18H16N6OS/c1-12-16(23-10-4-3-5-15(23)20-12)17-21-22-18(26)24(17)19-11-13-6-8-14(25-2)9-7-13/h3-11H,1-2H3,(H,22,26)/b19-11-. The Morgan fingerprint density at radius 1 is 1.19 bits per heavy atom. The normalized spacial score (nSPS) is 11.5. The lowest BCUT2D eigenvalue weighted by atomic mass is 10.2. The first-order valence-corrected chi connectivity index (χ1v) is 8.38. The number of H-pyrrole nitrogens is 1. The van der Waals surface area contributed by atoms with Crippen LogP contribution in [0.4, 0.5) is 0 Å². The average molecular weight is 364 g/mol. The van der Waals surface area contributed by atoms with Gasteiger partial charge in [-0.15, -0.1) is 0 Å². The van der Waals surface area contributed by atoms with Gasteiger partial charge in [0.2, 0.25) is 10.6 Å². The molecule has 0 bridgehead atoms. The van der Waals surface area contributed by atoms with Crippen molar-refractivity contribution in [1.82, 2.24) is 24.3 Å². The molecule has 130 valence electrons. The van der Waals surface area contributed by atoms with E-state index in [2.05, 4.69) is 20.3 Å². The average Bonchev–Trinajstić information content (AvgIpc) is 3.18. The summed E-state index contributed by atoms with van der Waals surface area (Å²) in [6, 6.07) is 13.4. The molecule has 3 heterocycles. The van der Waals surface area contributed by atoms with Gasteiger partial charge in [0.05, 0.1) is 19.0 Å². The number of benzene rings is 1. The summed E-state index contributed by atoms with van der Waals surface area (Å²) in [6.07, 6.45) is 3.67. The zero-order valence-corrected chi connectivity index (χ0v) is 15.1. The van der Waals surface area contributed by atoms with Crippen molar-refractivity contribution in [1.29, 1.82) is 0 Å². The van der Waals surface area contributed by atoms with Crippen LogP contribution in [0.3, 0.4) is 0 Å². The summed E-state index contributed by atoms with van der Waals surface area (Å²) in [5.74, 6) is 1.40. The van der Waals surface area contributed by atoms with Crippen LogP contribution in [0, 0.1) is 11.7 Å². The van der Waals surface area contributed by atoms with E-state index in [1.165, 1.54) is 0 Å². The molecule has 1 aromatic carbocycles. The van der Waals surface area contributed by atoms with Crippen molar-refractivity contribution in [3.05, 3.63) is 64.7 Å². The van der Waals surface area contributed by atoms with Crippen molar-refractivity contribution >= 4 is 24.1 Å². The Balaban J connectivity index is 1.79. The quantitative estimate of drug-likeness (QED) is 0.445. The molecule has 0 aliphatic carbocycles. The first-order valence-electron chi connectivity index (χ1n) is 7.97. The number of hydrogen-bond acceptors (Lipinski definition) is 5. The number of rotatable bonds is 4. The summed E-state index contributed by atoms with van der Waals surface area (Å²) < 4.78 is 9.15. The Labute approximate surface area is 154 Å². The van der Waals surface area contributed by atoms with Gasteiger partial charge >= 0.3 is 0 Å². The Hall–Kier alpha value is -3.26. The molecule has 0 spiro atoms. The minimum atomic E-state index is 0.412. The first-order chi connectivity index (χ1) is 12.7. The highest BCUT2D eigenvalue weighted by Gasteiger charge is 2.17. The molecule has 0 aliphatic heterocycles. The van der Waals surface area contributed by atoms with E-state index in [1.807, 2.05) is 60.0 Å². The molecule has 7 nitrogen and oxygen atoms in total. The Kier molecular flexibility index (Phi) is 4.10. The van der Waals surface area contributed by atoms with Gasteiger partial charge in [0, 0.05) is 6.20 Å². The number of nitrogens with zero attached hydrogens (tertiary/aromatic N) is 5. The van der Waals surface area contributed by atoms with Crippen LogP contribution in [0.25, 0.3) is 17.2 Å². The SMILES string of the molecule is COc1ccc(/C=N\n2c(-c3c(C)nc4ccccn34)n[nH]c2=S)cc1. The number of imidazole rings is 1. The van der Waals surface area contributed by atoms with Crippen LogP contribution in [0.2, 0.25) is 0 Å². The number of pyridine rings is 1. The molecule has 1 N–H and O–H groups in total. The summed E-state index contributed by atoms with van der Waals surface area (Å²) >= 11 is 5.35. The summed E-state index contributed by atoms with van der Waals surface area (Å²) in [7, 11) is 1.64. The molecule has 0 aliphatic rings. The largest absolute Gasteiger partial charge is 0.497 e. The molecule has 0 unspecified atom stereocenters. The van der Waals surface area contributed by atoms with E-state index < -0.39 is 0 Å². The molecule has 0 radical (unpaired) electrons. The number of nitrogens with one attached hydrogen (secondary N) is 1. The minimum absolute atomic E-state index is 0.412. The minimum Gasteiger partial charge on any atom is -0.497 e. The lowest BCUT2D eigenvalue weighted by Crippen LogP contribution is -1.99. The van der Waals surface area contributed by atoms with Gasteiger partial charge in [0.1, 0.15) is 17.1 Å². The van der Waals surface area contributed by atoms with Gasteiger partial charge in [0.25, 0.3) is 0 Å². The van der Waals surface area contributed by atoms with Gasteiger partial charge < -0.3 is 4.74 Å². The van der Waals surface area contributed by atoms with E-state index in [0.717, 1.165) is 28.3 Å². The third kappa shape index (κ3) is 2.80. The van der Waals surface area contributed by atoms with E-state index in [-0.39, 0.29) is 0 Å². The van der Waals surface area contributed by atoms with Crippen LogP contribution in [-0.4, -0.2) is 37.6 Å². The van der Waals surface area contributed by atoms with Gasteiger partial charge in [-0.2, -0.15) is 14.9 Å². The maximum absolute atomic E-state index is 5.35. The second-order valence-corrected chi connectivity index (χ2v) is 6.04. The molecule has 8 heteroatoms. The lowest BCUT2D eigenvalue weighted by Gasteiger charge is -2.03. The van der Waals surface area contributed by atoms with E-state index in [4.69, 9.17) is 17.0 Å². The van der Waals surface area contributed by atoms with Crippen molar-refractivity contribution < 1.29 is 4.74 Å². The second kappa shape index (κ2) is 6.57. The third-order valence-electron chi connectivity index (χ3n) is 4.00. The van der Waals surface area contributed by atoms with Crippen LogP contribution < -0.4 is 4.74 Å². The van der Waals surface area contributed by atoms with Crippen molar-refractivity contribution in [2.24, 2.45) is 5.10 Å². The Morgan fingerprint density at radius 2 is 2.00 bits per heavy atom. The van der Waals surface area contributed by atoms with E-state index in [1.54, 1.807) is 18.0 Å². The summed E-state index contributed by atoms with van der Waals surface area (Å²) in [5, 5.41) is 11.7. The monoisotopic (exact) mass is 364 g/mol. The number of aromatic nitrogens is 5. The van der Waals surface area contributed by atoms with E-state index in [0.29, 0.717) is 10.6 Å². The van der Waals surface area contributed by atoms with Gasteiger partial charge in [-0.25, -0.2) is 10.1 Å². The fourth-order valence-electron chi connectivity index (χ4n) is 2.75. The number of ether oxygens (including phenoxy) is 1. The lowest BCUT2D eigenvalue weighted by molar-refractivity contribution is 0.415. The molecule has 0 atom stereocenters. The van der Waals surface area contributed by atoms with Gasteiger partial charge in [-0.1, -0.05) is 6.07 Å². The molecule has 0 saturated heterocycles. The van der Waals surface area contributed by atoms with Crippen LogP contribution in [0.1, 0.15) is 11.3 Å². The van der Waals surface area contributed by atoms with Gasteiger partial charge in [-0.05, 0) is 61.1 Å². The number of methoxy groups -OCH3 is 1. The van der Waals surface area contributed by atoms with Gasteiger partial charge in [0.15, 0.2) is 0 Å². The zero-order valence-electron chi connectivity index (χ0n) is 14.2. The number of hydrogen-bond donors (Lipinski definition) is 1. The van der Waals surface area contributed by atoms with Crippen molar-refractivity contribution in [2.75, 3.05) is 7.11 Å². The first kappa shape index (κ1) is 16.2. The highest BCUT2D eigenvalue weighted by molar-refractivity contribution is 7.71. The molecule has 26 heavy (non-hydrogen) atoms. The van der Waals surface area contributed by atoms with Crippen molar-refractivity contribution in [2.45, 2.75) is 6.92 Å². The van der Waals surface area contributed by atoms with Crippen LogP contribution >= 0.6 is 12.2 Å². The highest BCUT2D eigenvalue weighted by Crippen LogP contribution is 2.23. The number of fused-ring (bicyclic) bond motifs is 1. The molecule has 3 aromatic heterocycles. The van der Waals surface area contributed by atoms with Crippen molar-refractivity contribution in [3.8, 4) is 17.3 Å². The fraction of sp³-hybridized carbons (Fsp3) is 0.111. The Morgan fingerprint density at radius 3 is 2.77 bits per heavy atom. The number of aromatic amines is 1. The van der Waals surface area contributed by atoms with Gasteiger partial charge in [-0.3, -0.25) is 4.40 Å². The molecule has 4 rings (SSSR count). The van der Waals surface area contributed by atoms with Crippen LogP contribution in [0.5, 0.6) is 5.75 Å². The summed E-state index contributed by atoms with van der Waals surface area (Å²) in [6.45, 7) is 1.94. The number of aryl methyl sites for hydroxylation is 1. The molecule has 0 amide bonds. The summed E-state index contributed by atoms with van der Waals surface area (Å²) in [5.41, 5.74) is 3.47. The second-order valence-electron chi connectivity index (χ2n) is 5.66. The van der Waals surface area contributed by atoms with E-state index in [9.17, 15) is 0 Å². The molecule has 4 aromatic rings. The Bertz CT molecular complexity index is 1150. The van der Waals surface area contributed by atoms with E-state index >= 15 is 0 Å². The molecular weight excluding hydrogens is 348 g/mol. The van der Waals surface area contributed by atoms with Crippen LogP contribution in [-0.2, 0) is 0 Å². The zero-order chi connectivity index (χ0) is 18.1. The smallest absolute Gasteiger partial charge is 0.216 e. The predicted molar refractivity (Wildman–Crippen MR) is 102 cm³/mol. The predicted octanol–water partition coefficient (Wildman–Crippen LogP) is 3.45. The molecule has 0 saturated carbocycles. The highest BCUT2D eigenvalue weighted by atomic mass is 32.1. The molecule has 0 fully saturated rings. The topological polar surface area (TPSA) is 72.5 Å². The van der Waals surface area contributed by atoms with Crippen molar-refractivity contribution in [3.63, 3.8) is 0 Å². The maximum Gasteiger partial charge on any atom is 0.216 e. The fourth-order valence-corrected chi connectivity index (χ4v) is 2.93. The molecular formula is C18H16N6OS. The third-order valence-corrected chi connectivity index (χ3v) is 4.27. The van der Waals surface area contributed by atoms with Crippen LogP contribution in [0.15, 0.2) is 53.8 Å².